The Morgan fingerprint density at radius 3 is 2.43 bits per heavy atom. The van der Waals surface area contributed by atoms with Crippen LogP contribution in [-0.2, 0) is 15.6 Å². The minimum atomic E-state index is 0.223. The van der Waals surface area contributed by atoms with Crippen LogP contribution in [0.15, 0.2) is 23.6 Å². The molecule has 3 rings (SSSR count). The molecule has 1 aromatic carbocycles. The molecule has 1 heterocycles. The number of benzene rings is 1. The quantitative estimate of drug-likeness (QED) is 0.379. The zero-order chi connectivity index (χ0) is 21.9. The van der Waals surface area contributed by atoms with Gasteiger partial charge in [0.25, 0.3) is 0 Å². The van der Waals surface area contributed by atoms with Crippen molar-refractivity contribution < 1.29 is 4.79 Å². The van der Waals surface area contributed by atoms with Crippen LogP contribution in [0.3, 0.4) is 0 Å². The molecule has 2 aromatic rings. The number of carbonyl (C=O) groups excluding carboxylic acids is 1. The third-order valence-electron chi connectivity index (χ3n) is 6.99. The second-order valence-corrected chi connectivity index (χ2v) is 11.4. The van der Waals surface area contributed by atoms with E-state index in [1.165, 1.54) is 47.4 Å². The molecule has 0 radical (unpaired) electrons. The van der Waals surface area contributed by atoms with E-state index in [-0.39, 0.29) is 10.8 Å². The first-order valence-electron chi connectivity index (χ1n) is 11.7. The van der Waals surface area contributed by atoms with Crippen molar-refractivity contribution in [1.29, 1.82) is 0 Å². The third kappa shape index (κ3) is 5.22. The number of thiazole rings is 1. The van der Waals surface area contributed by atoms with Gasteiger partial charge in [-0.15, -0.1) is 11.3 Å². The van der Waals surface area contributed by atoms with E-state index in [1.807, 2.05) is 11.3 Å². The van der Waals surface area contributed by atoms with Gasteiger partial charge >= 0.3 is 0 Å². The van der Waals surface area contributed by atoms with Crippen LogP contribution in [0.2, 0.25) is 0 Å². The lowest BCUT2D eigenvalue weighted by molar-refractivity contribution is -0.117. The van der Waals surface area contributed by atoms with Crippen molar-refractivity contribution in [3.63, 3.8) is 0 Å². The second-order valence-electron chi connectivity index (χ2n) is 10.5. The third-order valence-corrected chi connectivity index (χ3v) is 8.00. The Bertz CT molecular complexity index is 877. The van der Waals surface area contributed by atoms with Gasteiger partial charge in [0.15, 0.2) is 0 Å². The van der Waals surface area contributed by atoms with E-state index in [2.05, 4.69) is 58.2 Å². The fourth-order valence-corrected chi connectivity index (χ4v) is 5.86. The maximum Gasteiger partial charge on any atom is 0.129 e. The fourth-order valence-electron chi connectivity index (χ4n) is 4.86. The van der Waals surface area contributed by atoms with Crippen molar-refractivity contribution in [2.24, 2.45) is 0 Å². The number of fused-ring (bicyclic) bond motifs is 1. The molecule has 0 aliphatic heterocycles. The highest BCUT2D eigenvalue weighted by molar-refractivity contribution is 7.10. The fraction of sp³-hybridized carbons (Fsp3) is 0.630. The van der Waals surface area contributed by atoms with Gasteiger partial charge in [-0.1, -0.05) is 59.6 Å². The standard InChI is InChI=1S/C27H39NOS/c1-7-10-20(12-9-8-11-19(2)29)25-28-24(18-30-25)21-13-14-22-23(17-21)27(5,6)16-15-26(22,3)4/h13-14,17-18,20H,7-12,15-16H2,1-6H3. The lowest BCUT2D eigenvalue weighted by Gasteiger charge is -2.42. The first-order valence-corrected chi connectivity index (χ1v) is 12.6. The van der Waals surface area contributed by atoms with Crippen molar-refractivity contribution in [2.75, 3.05) is 0 Å². The molecule has 0 amide bonds. The Morgan fingerprint density at radius 2 is 1.77 bits per heavy atom. The largest absolute Gasteiger partial charge is 0.300 e. The maximum atomic E-state index is 11.2. The monoisotopic (exact) mass is 425 g/mol. The van der Waals surface area contributed by atoms with Gasteiger partial charge < -0.3 is 4.79 Å². The summed E-state index contributed by atoms with van der Waals surface area (Å²) in [6.07, 6.45) is 8.80. The number of aromatic nitrogens is 1. The number of Topliss-reactive ketones (excluding diaryl/α,β-unsaturated/α-hetero) is 1. The number of hydrogen-bond acceptors (Lipinski definition) is 3. The maximum absolute atomic E-state index is 11.2. The van der Waals surface area contributed by atoms with Crippen LogP contribution in [-0.4, -0.2) is 10.8 Å². The highest BCUT2D eigenvalue weighted by atomic mass is 32.1. The minimum absolute atomic E-state index is 0.223. The Hall–Kier alpha value is -1.48. The van der Waals surface area contributed by atoms with Crippen LogP contribution in [0.25, 0.3) is 11.3 Å². The molecular formula is C27H39NOS. The molecule has 164 valence electrons. The zero-order valence-electron chi connectivity index (χ0n) is 19.8. The van der Waals surface area contributed by atoms with Crippen molar-refractivity contribution in [3.05, 3.63) is 39.7 Å². The molecule has 0 saturated carbocycles. The number of hydrogen-bond donors (Lipinski definition) is 0. The lowest BCUT2D eigenvalue weighted by atomic mass is 9.63. The van der Waals surface area contributed by atoms with E-state index >= 15 is 0 Å². The van der Waals surface area contributed by atoms with Gasteiger partial charge in [0, 0.05) is 23.3 Å². The summed E-state index contributed by atoms with van der Waals surface area (Å²) in [5, 5.41) is 3.52. The van der Waals surface area contributed by atoms with Crippen LogP contribution in [0, 0.1) is 0 Å². The van der Waals surface area contributed by atoms with E-state index in [9.17, 15) is 4.79 Å². The van der Waals surface area contributed by atoms with Crippen molar-refractivity contribution in [3.8, 4) is 11.3 Å². The molecule has 0 saturated heterocycles. The normalized spacial score (nSPS) is 18.1. The van der Waals surface area contributed by atoms with Crippen LogP contribution in [0.4, 0.5) is 0 Å². The summed E-state index contributed by atoms with van der Waals surface area (Å²) in [7, 11) is 0. The van der Waals surface area contributed by atoms with Crippen LogP contribution >= 0.6 is 11.3 Å². The summed E-state index contributed by atoms with van der Waals surface area (Å²) in [5.74, 6) is 0.825. The molecule has 0 bridgehead atoms. The van der Waals surface area contributed by atoms with Gasteiger partial charge in [-0.3, -0.25) is 0 Å². The lowest BCUT2D eigenvalue weighted by Crippen LogP contribution is -2.33. The second kappa shape index (κ2) is 9.34. The van der Waals surface area contributed by atoms with Crippen LogP contribution in [0.1, 0.15) is 115 Å². The Labute approximate surface area is 187 Å². The summed E-state index contributed by atoms with van der Waals surface area (Å²) in [6, 6.07) is 7.05. The van der Waals surface area contributed by atoms with Gasteiger partial charge in [-0.2, -0.15) is 0 Å². The van der Waals surface area contributed by atoms with E-state index in [1.54, 1.807) is 6.92 Å². The van der Waals surface area contributed by atoms with Crippen LogP contribution < -0.4 is 0 Å². The van der Waals surface area contributed by atoms with Gasteiger partial charge in [0.05, 0.1) is 10.7 Å². The molecule has 0 N–H and O–H groups in total. The molecule has 1 atom stereocenters. The molecule has 30 heavy (non-hydrogen) atoms. The van der Waals surface area contributed by atoms with E-state index in [4.69, 9.17) is 4.98 Å². The average molecular weight is 426 g/mol. The molecular weight excluding hydrogens is 386 g/mol. The SMILES string of the molecule is CCCC(CCCCC(C)=O)c1nc(-c2ccc3c(c2)C(C)(C)CCC3(C)C)cs1. The molecule has 3 heteroatoms. The summed E-state index contributed by atoms with van der Waals surface area (Å²) < 4.78 is 0. The average Bonchev–Trinajstić information content (AvgIpc) is 3.17. The highest BCUT2D eigenvalue weighted by Crippen LogP contribution is 2.47. The van der Waals surface area contributed by atoms with Gasteiger partial charge in [0.1, 0.15) is 5.78 Å². The van der Waals surface area contributed by atoms with E-state index in [0.717, 1.165) is 25.0 Å². The van der Waals surface area contributed by atoms with Gasteiger partial charge in [0.2, 0.25) is 0 Å². The Balaban J connectivity index is 1.82. The first-order chi connectivity index (χ1) is 14.1. The molecule has 0 spiro atoms. The Kier molecular flexibility index (Phi) is 7.22. The molecule has 1 aromatic heterocycles. The number of ketones is 1. The molecule has 0 fully saturated rings. The molecule has 1 unspecified atom stereocenters. The smallest absolute Gasteiger partial charge is 0.129 e. The molecule has 1 aliphatic carbocycles. The summed E-state index contributed by atoms with van der Waals surface area (Å²) in [5.41, 5.74) is 5.87. The van der Waals surface area contributed by atoms with E-state index in [0.29, 0.717) is 18.1 Å². The summed E-state index contributed by atoms with van der Waals surface area (Å²) in [4.78, 5) is 16.3. The molecule has 2 nitrogen and oxygen atoms in total. The predicted molar refractivity (Wildman–Crippen MR) is 130 cm³/mol. The topological polar surface area (TPSA) is 30.0 Å². The van der Waals surface area contributed by atoms with Crippen molar-refractivity contribution in [1.82, 2.24) is 4.98 Å². The molecule has 1 aliphatic rings. The van der Waals surface area contributed by atoms with Crippen LogP contribution in [0.5, 0.6) is 0 Å². The number of nitrogens with zero attached hydrogens (tertiary/aromatic N) is 1. The summed E-state index contributed by atoms with van der Waals surface area (Å²) >= 11 is 1.82. The first kappa shape index (κ1) is 23.2. The van der Waals surface area contributed by atoms with E-state index < -0.39 is 0 Å². The van der Waals surface area contributed by atoms with Gasteiger partial charge in [-0.25, -0.2) is 4.98 Å². The highest BCUT2D eigenvalue weighted by Gasteiger charge is 2.37. The van der Waals surface area contributed by atoms with Crippen molar-refractivity contribution in [2.45, 2.75) is 110 Å². The van der Waals surface area contributed by atoms with Crippen molar-refractivity contribution >= 4 is 17.1 Å². The summed E-state index contributed by atoms with van der Waals surface area (Å²) in [6.45, 7) is 13.5. The van der Waals surface area contributed by atoms with Gasteiger partial charge in [-0.05, 0) is 67.1 Å². The number of rotatable bonds is 9. The zero-order valence-corrected chi connectivity index (χ0v) is 20.6. The predicted octanol–water partition coefficient (Wildman–Crippen LogP) is 8.19. The minimum Gasteiger partial charge on any atom is -0.300 e. The number of carbonyl (C=O) groups is 1. The Morgan fingerprint density at radius 1 is 1.07 bits per heavy atom. The number of unbranched alkanes of at least 4 members (excludes halogenated alkanes) is 1.